The normalized spacial score (nSPS) is 24.0. The third kappa shape index (κ3) is 3.43. The summed E-state index contributed by atoms with van der Waals surface area (Å²) in [6.07, 6.45) is 5.82. The quantitative estimate of drug-likeness (QED) is 0.933. The van der Waals surface area contributed by atoms with Gasteiger partial charge in [0.2, 0.25) is 11.0 Å². The first kappa shape index (κ1) is 14.9. The minimum absolute atomic E-state index is 0.0215. The summed E-state index contributed by atoms with van der Waals surface area (Å²) >= 11 is 1.48. The van der Waals surface area contributed by atoms with Gasteiger partial charge in [-0.25, -0.2) is 0 Å². The lowest BCUT2D eigenvalue weighted by Crippen LogP contribution is -2.48. The highest BCUT2D eigenvalue weighted by Gasteiger charge is 2.38. The molecule has 5 nitrogen and oxygen atoms in total. The molecule has 2 aliphatic rings. The van der Waals surface area contributed by atoms with Crippen LogP contribution in [0.3, 0.4) is 0 Å². The highest BCUT2D eigenvalue weighted by Crippen LogP contribution is 2.33. The Kier molecular flexibility index (Phi) is 4.01. The molecule has 2 fully saturated rings. The molecule has 1 atom stereocenters. The van der Waals surface area contributed by atoms with E-state index in [0.717, 1.165) is 24.4 Å². The van der Waals surface area contributed by atoms with Gasteiger partial charge in [0.25, 0.3) is 0 Å². The van der Waals surface area contributed by atoms with Crippen LogP contribution in [0, 0.1) is 0 Å². The highest BCUT2D eigenvalue weighted by atomic mass is 32.1. The lowest BCUT2D eigenvalue weighted by Gasteiger charge is -2.34. The smallest absolute Gasteiger partial charge is 0.243 e. The number of nitrogens with one attached hydrogen (secondary N) is 1. The van der Waals surface area contributed by atoms with E-state index in [9.17, 15) is 4.79 Å². The fraction of sp³-hybridized carbons (Fsp3) is 0.800. The third-order valence-corrected chi connectivity index (χ3v) is 5.42. The molecular weight excluding hydrogens is 284 g/mol. The van der Waals surface area contributed by atoms with Crippen molar-refractivity contribution in [3.05, 3.63) is 5.01 Å². The van der Waals surface area contributed by atoms with Crippen molar-refractivity contribution in [1.29, 1.82) is 0 Å². The average Bonchev–Trinajstić information content (AvgIpc) is 3.17. The van der Waals surface area contributed by atoms with Crippen molar-refractivity contribution in [2.45, 2.75) is 70.4 Å². The molecule has 1 aromatic heterocycles. The number of carbonyl (C=O) groups excluding carboxylic acids is 1. The summed E-state index contributed by atoms with van der Waals surface area (Å²) in [6, 6.07) is 0.661. The molecule has 1 unspecified atom stereocenters. The fourth-order valence-electron chi connectivity index (χ4n) is 2.84. The molecule has 0 aromatic carbocycles. The maximum atomic E-state index is 12.6. The molecule has 1 saturated heterocycles. The molecule has 1 amide bonds. The minimum atomic E-state index is -0.0223. The van der Waals surface area contributed by atoms with Crippen molar-refractivity contribution < 1.29 is 4.79 Å². The number of rotatable bonds is 3. The zero-order valence-electron chi connectivity index (χ0n) is 13.1. The van der Waals surface area contributed by atoms with Crippen LogP contribution < -0.4 is 5.32 Å². The van der Waals surface area contributed by atoms with Crippen molar-refractivity contribution >= 4 is 22.4 Å². The van der Waals surface area contributed by atoms with Crippen LogP contribution in [0.4, 0.5) is 5.13 Å². The van der Waals surface area contributed by atoms with Crippen LogP contribution in [0.2, 0.25) is 0 Å². The molecule has 2 heterocycles. The van der Waals surface area contributed by atoms with Gasteiger partial charge in [0, 0.05) is 11.5 Å². The molecular formula is C15H24N4OS. The molecule has 3 rings (SSSR count). The van der Waals surface area contributed by atoms with Crippen molar-refractivity contribution in [3.63, 3.8) is 0 Å². The van der Waals surface area contributed by atoms with Crippen LogP contribution in [-0.2, 0) is 10.2 Å². The van der Waals surface area contributed by atoms with Crippen molar-refractivity contribution in [1.82, 2.24) is 15.1 Å². The summed E-state index contributed by atoms with van der Waals surface area (Å²) in [6.45, 7) is 7.38. The summed E-state index contributed by atoms with van der Waals surface area (Å²) in [5.41, 5.74) is -0.0223. The van der Waals surface area contributed by atoms with Gasteiger partial charge in [-0.2, -0.15) is 0 Å². The number of hydrogen-bond donors (Lipinski definition) is 1. The fourth-order valence-corrected chi connectivity index (χ4v) is 3.65. The van der Waals surface area contributed by atoms with Crippen molar-refractivity contribution in [3.8, 4) is 0 Å². The first-order chi connectivity index (χ1) is 9.95. The summed E-state index contributed by atoms with van der Waals surface area (Å²) in [4.78, 5) is 14.9. The van der Waals surface area contributed by atoms with Crippen LogP contribution in [0.15, 0.2) is 0 Å². The van der Waals surface area contributed by atoms with E-state index in [2.05, 4.69) is 41.2 Å². The second kappa shape index (κ2) is 5.65. The molecule has 1 N–H and O–H groups in total. The second-order valence-electron chi connectivity index (χ2n) is 7.13. The molecule has 6 heteroatoms. The Morgan fingerprint density at radius 2 is 2.00 bits per heavy atom. The predicted molar refractivity (Wildman–Crippen MR) is 84.6 cm³/mol. The van der Waals surface area contributed by atoms with Crippen molar-refractivity contribution in [2.24, 2.45) is 0 Å². The van der Waals surface area contributed by atoms with Gasteiger partial charge in [0.05, 0.1) is 6.04 Å². The Labute approximate surface area is 130 Å². The van der Waals surface area contributed by atoms with Crippen molar-refractivity contribution in [2.75, 3.05) is 11.9 Å². The molecule has 21 heavy (non-hydrogen) atoms. The second-order valence-corrected chi connectivity index (χ2v) is 8.11. The highest BCUT2D eigenvalue weighted by molar-refractivity contribution is 7.15. The van der Waals surface area contributed by atoms with E-state index in [-0.39, 0.29) is 17.4 Å². The first-order valence-electron chi connectivity index (χ1n) is 7.86. The Morgan fingerprint density at radius 1 is 1.24 bits per heavy atom. The molecule has 116 valence electrons. The molecule has 0 bridgehead atoms. The van der Waals surface area contributed by atoms with E-state index in [1.54, 1.807) is 0 Å². The average molecular weight is 308 g/mol. The van der Waals surface area contributed by atoms with Gasteiger partial charge in [0.15, 0.2) is 0 Å². The van der Waals surface area contributed by atoms with Gasteiger partial charge < -0.3 is 0 Å². The Bertz CT molecular complexity index is 518. The number of piperidine rings is 1. The van der Waals surface area contributed by atoms with Crippen LogP contribution in [-0.4, -0.2) is 39.6 Å². The van der Waals surface area contributed by atoms with Gasteiger partial charge >= 0.3 is 0 Å². The summed E-state index contributed by atoms with van der Waals surface area (Å²) in [5.74, 6) is 0.0956. The zero-order chi connectivity index (χ0) is 15.0. The van der Waals surface area contributed by atoms with E-state index in [1.165, 1.54) is 30.6 Å². The monoisotopic (exact) mass is 308 g/mol. The lowest BCUT2D eigenvalue weighted by atomic mass is 9.98. The SMILES string of the molecule is CC(C)(C)c1nnc(NC(=O)C2CCCCN2C2CC2)s1. The van der Waals surface area contributed by atoms with Gasteiger partial charge in [-0.15, -0.1) is 10.2 Å². The lowest BCUT2D eigenvalue weighted by molar-refractivity contribution is -0.122. The molecule has 1 aromatic rings. The van der Waals surface area contributed by atoms with E-state index < -0.39 is 0 Å². The molecule has 1 aliphatic carbocycles. The van der Waals surface area contributed by atoms with Crippen LogP contribution >= 0.6 is 11.3 Å². The number of anilines is 1. The van der Waals surface area contributed by atoms with Gasteiger partial charge in [0.1, 0.15) is 5.01 Å². The third-order valence-electron chi connectivity index (χ3n) is 4.16. The topological polar surface area (TPSA) is 58.1 Å². The summed E-state index contributed by atoms with van der Waals surface area (Å²) in [7, 11) is 0. The van der Waals surface area contributed by atoms with E-state index in [0.29, 0.717) is 11.2 Å². The number of nitrogens with zero attached hydrogens (tertiary/aromatic N) is 3. The first-order valence-corrected chi connectivity index (χ1v) is 8.67. The molecule has 0 radical (unpaired) electrons. The number of aromatic nitrogens is 2. The zero-order valence-corrected chi connectivity index (χ0v) is 13.9. The standard InChI is InChI=1S/C15H24N4OS/c1-15(2,3)13-17-18-14(21-13)16-12(20)11-6-4-5-9-19(11)10-7-8-10/h10-11H,4-9H2,1-3H3,(H,16,18,20). The summed E-state index contributed by atoms with van der Waals surface area (Å²) < 4.78 is 0. The van der Waals surface area contributed by atoms with Gasteiger partial charge in [-0.3, -0.25) is 15.0 Å². The number of amides is 1. The Hall–Kier alpha value is -1.01. The van der Waals surface area contributed by atoms with Crippen LogP contribution in [0.5, 0.6) is 0 Å². The molecule has 1 saturated carbocycles. The number of carbonyl (C=O) groups is 1. The predicted octanol–water partition coefficient (Wildman–Crippen LogP) is 2.79. The van der Waals surface area contributed by atoms with Crippen LogP contribution in [0.25, 0.3) is 0 Å². The Morgan fingerprint density at radius 3 is 2.62 bits per heavy atom. The molecule has 1 aliphatic heterocycles. The maximum Gasteiger partial charge on any atom is 0.243 e. The molecule has 0 spiro atoms. The van der Waals surface area contributed by atoms with E-state index in [1.807, 2.05) is 0 Å². The van der Waals surface area contributed by atoms with Crippen LogP contribution in [0.1, 0.15) is 57.9 Å². The van der Waals surface area contributed by atoms with Gasteiger partial charge in [-0.05, 0) is 32.2 Å². The minimum Gasteiger partial charge on any atom is -0.299 e. The number of hydrogen-bond acceptors (Lipinski definition) is 5. The van der Waals surface area contributed by atoms with E-state index in [4.69, 9.17) is 0 Å². The maximum absolute atomic E-state index is 12.6. The summed E-state index contributed by atoms with van der Waals surface area (Å²) in [5, 5.41) is 12.9. The number of likely N-dealkylation sites (tertiary alicyclic amines) is 1. The van der Waals surface area contributed by atoms with Gasteiger partial charge in [-0.1, -0.05) is 38.5 Å². The largest absolute Gasteiger partial charge is 0.299 e. The van der Waals surface area contributed by atoms with E-state index >= 15 is 0 Å². The Balaban J connectivity index is 1.66.